The van der Waals surface area contributed by atoms with Crippen LogP contribution in [0.4, 0.5) is 23.8 Å². The quantitative estimate of drug-likeness (QED) is 0.0194. The molecule has 34 heteroatoms. The highest BCUT2D eigenvalue weighted by Gasteiger charge is 2.48. The van der Waals surface area contributed by atoms with Gasteiger partial charge in [-0.05, 0) is 268 Å². The van der Waals surface area contributed by atoms with Gasteiger partial charge in [-0.15, -0.1) is 0 Å². The van der Waals surface area contributed by atoms with E-state index in [2.05, 4.69) is 87.6 Å². The highest BCUT2D eigenvalue weighted by molar-refractivity contribution is 6.32. The van der Waals surface area contributed by atoms with Crippen LogP contribution in [0.2, 0.25) is 20.1 Å². The Balaban J connectivity index is 0.000000130. The molecule has 5 aromatic carbocycles. The fraction of sp³-hybridized carbons (Fsp3) is 0.486. The summed E-state index contributed by atoms with van der Waals surface area (Å²) in [6.07, 6.45) is 35.9. The number of pyridine rings is 1. The topological polar surface area (TPSA) is 366 Å². The van der Waals surface area contributed by atoms with Gasteiger partial charge in [0.1, 0.15) is 48.7 Å². The molecular weight excluding hydrogens is 1870 g/mol. The first kappa shape index (κ1) is 101. The third-order valence-electron chi connectivity index (χ3n) is 29.8. The Morgan fingerprint density at radius 1 is 0.362 bits per heavy atom. The molecule has 141 heavy (non-hydrogen) atoms. The number of carbonyl (C=O) groups excluding carboxylic acids is 4. The first-order chi connectivity index (χ1) is 68.6. The van der Waals surface area contributed by atoms with Crippen LogP contribution in [0.25, 0.3) is 0 Å². The number of hydrogen-bond donors (Lipinski definition) is 8. The number of aromatic nitrogens is 9. The standard InChI is InChI=1S/C27H36ClN5O3.C27H35ClN4O3.C27H29ClN4O3.C26H28ClN5O3/c28-23-16-20(4-5-21(23)18-34)19-36-25-22(24(35)29-10-15-32-11-2-1-3-12-32)17-30-26(31-25)33-13-8-27(6-7-27)9-14-33;1-18-2-6-21(7-3-18)30-24(34)22-15-29-26(32-12-10-27(8-9-27)11-13-32)31-25(22)35-17-19-4-5-20(16-33)23(28)14-19;28-23-14-20(6-7-21(23)17-33)18-35-25-22(24(34)29-15-19-4-2-1-3-5-19)16-30-26(31-25)32-12-10-27(8-9-27)11-13-32;27-22-13-18(4-5-19(22)16-33)17-35-24-21(23(34)29-14-20-3-1-2-10-28-20)15-30-25(31-24)32-11-8-26(6-7-26)9-12-32/h4-5,16-17,34H,1-3,6-15,18-19H2,(H,29,35);4-5,14-15,18,21,33H,2-3,6-13,16-17H2,1H3,(H,30,34);1-7,14,16,33H,8-13,15,17-18H2,(H,29,34);1-5,10,13,15,33H,6-9,11-12,14,16-17H2,(H,29,34). The molecule has 746 valence electrons. The summed E-state index contributed by atoms with van der Waals surface area (Å²) >= 11 is 25.0. The number of amides is 4. The second kappa shape index (κ2) is 47.3. The number of halogens is 4. The molecule has 5 saturated carbocycles. The number of benzene rings is 5. The summed E-state index contributed by atoms with van der Waals surface area (Å²) in [5.41, 5.74) is 11.1. The van der Waals surface area contributed by atoms with Crippen molar-refractivity contribution in [3.05, 3.63) is 250 Å². The van der Waals surface area contributed by atoms with Gasteiger partial charge >= 0.3 is 0 Å². The molecule has 5 aromatic heterocycles. The molecule has 4 amide bonds. The lowest BCUT2D eigenvalue weighted by molar-refractivity contribution is 0.0912. The normalized spacial score (nSPS) is 18.8. The van der Waals surface area contributed by atoms with Crippen molar-refractivity contribution < 1.29 is 58.6 Å². The predicted molar refractivity (Wildman–Crippen MR) is 542 cm³/mol. The largest absolute Gasteiger partial charge is 0.472 e. The fourth-order valence-corrected chi connectivity index (χ4v) is 20.3. The summed E-state index contributed by atoms with van der Waals surface area (Å²) in [4.78, 5) is 105. The Labute approximate surface area is 844 Å². The van der Waals surface area contributed by atoms with Crippen molar-refractivity contribution in [1.29, 1.82) is 0 Å². The third-order valence-corrected chi connectivity index (χ3v) is 31.2. The number of piperidine rings is 5. The first-order valence-corrected chi connectivity index (χ1v) is 51.4. The van der Waals surface area contributed by atoms with Crippen LogP contribution in [0, 0.1) is 27.6 Å². The Morgan fingerprint density at radius 3 is 1.01 bits per heavy atom. The summed E-state index contributed by atoms with van der Waals surface area (Å²) < 4.78 is 24.3. The molecule has 5 saturated heterocycles. The molecule has 0 radical (unpaired) electrons. The van der Waals surface area contributed by atoms with Gasteiger partial charge in [0.15, 0.2) is 0 Å². The van der Waals surface area contributed by atoms with Crippen LogP contribution in [0.1, 0.15) is 252 Å². The average molecular weight is 2000 g/mol. The fourth-order valence-electron chi connectivity index (χ4n) is 19.3. The van der Waals surface area contributed by atoms with Crippen LogP contribution >= 0.6 is 46.4 Å². The Hall–Kier alpha value is -11.2. The highest BCUT2D eigenvalue weighted by atomic mass is 35.5. The van der Waals surface area contributed by atoms with Gasteiger partial charge in [0, 0.05) is 129 Å². The molecule has 10 heterocycles. The van der Waals surface area contributed by atoms with E-state index >= 15 is 0 Å². The minimum absolute atomic E-state index is 0.114. The summed E-state index contributed by atoms with van der Waals surface area (Å²) in [5, 5.41) is 51.4. The van der Waals surface area contributed by atoms with E-state index in [1.807, 2.05) is 72.8 Å². The monoisotopic (exact) mass is 2000 g/mol. The van der Waals surface area contributed by atoms with Crippen molar-refractivity contribution in [1.82, 2.24) is 71.0 Å². The lowest BCUT2D eigenvalue weighted by Crippen LogP contribution is -2.38. The lowest BCUT2D eigenvalue weighted by atomic mass is 9.87. The van der Waals surface area contributed by atoms with Crippen LogP contribution in [-0.2, 0) is 65.9 Å². The Morgan fingerprint density at radius 2 is 0.688 bits per heavy atom. The van der Waals surface area contributed by atoms with Crippen LogP contribution in [-0.4, -0.2) is 178 Å². The number of nitrogens with zero attached hydrogens (tertiary/aromatic N) is 14. The van der Waals surface area contributed by atoms with E-state index in [1.165, 1.54) is 103 Å². The van der Waals surface area contributed by atoms with Crippen molar-refractivity contribution in [3.63, 3.8) is 0 Å². The van der Waals surface area contributed by atoms with E-state index in [-0.39, 0.29) is 112 Å². The molecule has 5 aliphatic carbocycles. The van der Waals surface area contributed by atoms with Gasteiger partial charge in [0.25, 0.3) is 23.6 Å². The number of rotatable bonds is 32. The van der Waals surface area contributed by atoms with Crippen LogP contribution in [0.3, 0.4) is 0 Å². The average Bonchev–Trinajstić information content (AvgIpc) is 1.63. The third kappa shape index (κ3) is 27.4. The van der Waals surface area contributed by atoms with E-state index in [1.54, 1.807) is 73.3 Å². The van der Waals surface area contributed by atoms with Crippen LogP contribution in [0.15, 0.2) is 152 Å². The smallest absolute Gasteiger partial charge is 0.258 e. The molecule has 0 atom stereocenters. The highest BCUT2D eigenvalue weighted by Crippen LogP contribution is 2.57. The van der Waals surface area contributed by atoms with Crippen molar-refractivity contribution in [3.8, 4) is 23.5 Å². The van der Waals surface area contributed by atoms with Gasteiger partial charge in [0.2, 0.25) is 47.3 Å². The van der Waals surface area contributed by atoms with Gasteiger partial charge in [-0.3, -0.25) is 24.2 Å². The van der Waals surface area contributed by atoms with Gasteiger partial charge in [-0.1, -0.05) is 145 Å². The van der Waals surface area contributed by atoms with Crippen molar-refractivity contribution in [2.24, 2.45) is 27.6 Å². The van der Waals surface area contributed by atoms with E-state index in [0.717, 1.165) is 157 Å². The first-order valence-electron chi connectivity index (χ1n) is 49.9. The lowest BCUT2D eigenvalue weighted by Gasteiger charge is -2.32. The molecular formula is C107H128Cl4N18O12. The molecule has 10 aromatic rings. The molecule has 0 unspecified atom stereocenters. The van der Waals surface area contributed by atoms with E-state index in [0.29, 0.717) is 129 Å². The summed E-state index contributed by atoms with van der Waals surface area (Å²) in [6.45, 7) is 14.2. The number of aliphatic hydroxyl groups excluding tert-OH is 4. The van der Waals surface area contributed by atoms with Crippen molar-refractivity contribution in [2.45, 2.75) is 227 Å². The van der Waals surface area contributed by atoms with Crippen LogP contribution in [0.5, 0.6) is 23.5 Å². The van der Waals surface area contributed by atoms with E-state index in [4.69, 9.17) is 75.3 Å². The second-order valence-corrected chi connectivity index (χ2v) is 41.4. The molecule has 20 rings (SSSR count). The Bertz CT molecular complexity index is 5740. The predicted octanol–water partition coefficient (Wildman–Crippen LogP) is 17.1. The molecule has 10 fully saturated rings. The maximum Gasteiger partial charge on any atom is 0.258 e. The van der Waals surface area contributed by atoms with Gasteiger partial charge < -0.3 is 85.1 Å². The van der Waals surface area contributed by atoms with Gasteiger partial charge in [0.05, 0.1) is 38.7 Å². The zero-order valence-electron chi connectivity index (χ0n) is 80.2. The van der Waals surface area contributed by atoms with Crippen LogP contribution < -0.4 is 59.8 Å². The maximum atomic E-state index is 13.2. The maximum absolute atomic E-state index is 13.2. The molecule has 0 bridgehead atoms. The summed E-state index contributed by atoms with van der Waals surface area (Å²) in [6, 6.07) is 37.0. The zero-order chi connectivity index (χ0) is 97.9. The second-order valence-electron chi connectivity index (χ2n) is 39.8. The zero-order valence-corrected chi connectivity index (χ0v) is 83.3. The molecule has 4 spiro atoms. The number of anilines is 4. The van der Waals surface area contributed by atoms with E-state index < -0.39 is 0 Å². The number of carbonyl (C=O) groups is 4. The number of likely N-dealkylation sites (tertiary alicyclic amines) is 1. The number of aliphatic hydroxyl groups is 4. The van der Waals surface area contributed by atoms with Crippen molar-refractivity contribution >= 4 is 93.8 Å². The summed E-state index contributed by atoms with van der Waals surface area (Å²) in [7, 11) is 0. The SMILES string of the molecule is CC1CCC(NC(=O)c2cnc(N3CCC4(CC3)CC4)nc2OCc2ccc(CO)c(Cl)c2)CC1.O=C(NCCN1CCCCC1)c1cnc(N2CCC3(CC2)CC3)nc1OCc1ccc(CO)c(Cl)c1.O=C(NCc1ccccc1)c1cnc(N2CCC3(CC2)CC3)nc1OCc1ccc(CO)c(Cl)c1.O=C(NCc1ccccn1)c1cnc(N2CCC3(CC2)CC3)nc1OCc1ccc(CO)c(Cl)c1. The minimum Gasteiger partial charge on any atom is -0.472 e. The molecule has 8 N–H and O–H groups in total. The van der Waals surface area contributed by atoms with Crippen molar-refractivity contribution in [2.75, 3.05) is 98.1 Å². The van der Waals surface area contributed by atoms with E-state index in [9.17, 15) is 39.6 Å². The molecule has 10 aliphatic rings. The Kier molecular flexibility index (Phi) is 34.0. The number of hydrogen-bond acceptors (Lipinski definition) is 26. The van der Waals surface area contributed by atoms with Gasteiger partial charge in [-0.25, -0.2) is 19.9 Å². The molecule has 5 aliphatic heterocycles. The van der Waals surface area contributed by atoms with Gasteiger partial charge in [-0.2, -0.15) is 19.9 Å². The minimum atomic E-state index is -0.332. The number of ether oxygens (including phenoxy) is 4. The molecule has 30 nitrogen and oxygen atoms in total. The summed E-state index contributed by atoms with van der Waals surface area (Å²) in [5.74, 6) is 3.12. The number of nitrogens with one attached hydrogen (secondary N) is 4.